The lowest BCUT2D eigenvalue weighted by molar-refractivity contribution is -0.131. The first-order valence-corrected chi connectivity index (χ1v) is 9.69. The number of hydrogen-bond donors (Lipinski definition) is 1. The Hall–Kier alpha value is -3.22. The van der Waals surface area contributed by atoms with Crippen molar-refractivity contribution in [2.75, 3.05) is 57.2 Å². The van der Waals surface area contributed by atoms with E-state index < -0.39 is 0 Å². The molecule has 0 aliphatic carbocycles. The zero-order chi connectivity index (χ0) is 20.6. The Bertz CT molecular complexity index is 813. The van der Waals surface area contributed by atoms with E-state index in [1.54, 1.807) is 19.2 Å². The molecule has 154 valence electrons. The van der Waals surface area contributed by atoms with Crippen LogP contribution in [0, 0.1) is 0 Å². The van der Waals surface area contributed by atoms with Gasteiger partial charge in [0.05, 0.1) is 19.8 Å². The third kappa shape index (κ3) is 5.40. The van der Waals surface area contributed by atoms with Crippen LogP contribution >= 0.6 is 0 Å². The van der Waals surface area contributed by atoms with Crippen molar-refractivity contribution >= 4 is 23.3 Å². The van der Waals surface area contributed by atoms with Crippen LogP contribution in [-0.4, -0.2) is 63.7 Å². The van der Waals surface area contributed by atoms with Gasteiger partial charge in [0.15, 0.2) is 0 Å². The molecule has 1 saturated heterocycles. The van der Waals surface area contributed by atoms with Crippen LogP contribution in [0.3, 0.4) is 0 Å². The monoisotopic (exact) mass is 397 g/mol. The highest BCUT2D eigenvalue weighted by molar-refractivity contribution is 5.89. The van der Waals surface area contributed by atoms with Crippen molar-refractivity contribution in [2.45, 2.75) is 6.42 Å². The van der Waals surface area contributed by atoms with Crippen molar-refractivity contribution in [3.63, 3.8) is 0 Å². The van der Waals surface area contributed by atoms with Crippen LogP contribution in [0.4, 0.5) is 11.4 Å². The summed E-state index contributed by atoms with van der Waals surface area (Å²) in [6, 6.07) is 15.0. The minimum absolute atomic E-state index is 0.151. The summed E-state index contributed by atoms with van der Waals surface area (Å²) in [5.41, 5.74) is 2.52. The number of esters is 1. The van der Waals surface area contributed by atoms with Gasteiger partial charge in [-0.2, -0.15) is 0 Å². The molecule has 2 aromatic carbocycles. The largest absolute Gasteiger partial charge is 0.497 e. The molecule has 0 aromatic heterocycles. The number of benzene rings is 2. The fourth-order valence-electron chi connectivity index (χ4n) is 3.32. The van der Waals surface area contributed by atoms with E-state index in [2.05, 4.69) is 15.0 Å². The van der Waals surface area contributed by atoms with E-state index in [1.165, 1.54) is 7.11 Å². The third-order valence-corrected chi connectivity index (χ3v) is 5.04. The maximum absolute atomic E-state index is 12.5. The van der Waals surface area contributed by atoms with Crippen LogP contribution < -0.4 is 15.0 Å². The molecule has 29 heavy (non-hydrogen) atoms. The molecule has 2 aromatic rings. The highest BCUT2D eigenvalue weighted by atomic mass is 16.5. The Labute approximate surface area is 171 Å². The Morgan fingerprint density at radius 2 is 1.59 bits per heavy atom. The minimum atomic E-state index is -0.361. The molecular formula is C22H27N3O4. The smallest absolute Gasteiger partial charge is 0.337 e. The van der Waals surface area contributed by atoms with Crippen molar-refractivity contribution in [2.24, 2.45) is 0 Å². The second-order valence-electron chi connectivity index (χ2n) is 6.81. The van der Waals surface area contributed by atoms with Gasteiger partial charge >= 0.3 is 5.97 Å². The standard InChI is InChI=1S/C22H27N3O4/c1-28-20-9-7-19(8-10-20)24-13-15-25(16-14-24)21(26)11-12-23-18-5-3-17(4-6-18)22(27)29-2/h3-10,23H,11-16H2,1-2H3. The fraction of sp³-hybridized carbons (Fsp3) is 0.364. The molecule has 1 N–H and O–H groups in total. The second kappa shape index (κ2) is 9.82. The van der Waals surface area contributed by atoms with Gasteiger partial charge in [-0.05, 0) is 48.5 Å². The van der Waals surface area contributed by atoms with Gasteiger partial charge in [-0.1, -0.05) is 0 Å². The molecule has 0 unspecified atom stereocenters. The van der Waals surface area contributed by atoms with E-state index in [4.69, 9.17) is 4.74 Å². The summed E-state index contributed by atoms with van der Waals surface area (Å²) in [6.45, 7) is 3.63. The predicted octanol–water partition coefficient (Wildman–Crippen LogP) is 2.63. The summed E-state index contributed by atoms with van der Waals surface area (Å²) in [7, 11) is 3.02. The van der Waals surface area contributed by atoms with E-state index in [-0.39, 0.29) is 11.9 Å². The van der Waals surface area contributed by atoms with Crippen molar-refractivity contribution in [1.82, 2.24) is 4.90 Å². The van der Waals surface area contributed by atoms with Crippen molar-refractivity contribution in [3.8, 4) is 5.75 Å². The number of anilines is 2. The molecule has 0 bridgehead atoms. The maximum Gasteiger partial charge on any atom is 0.337 e. The van der Waals surface area contributed by atoms with Crippen molar-refractivity contribution in [1.29, 1.82) is 0 Å². The molecule has 1 amide bonds. The lowest BCUT2D eigenvalue weighted by Crippen LogP contribution is -2.49. The number of piperazine rings is 1. The van der Waals surface area contributed by atoms with Crippen LogP contribution in [0.25, 0.3) is 0 Å². The molecule has 0 spiro atoms. The second-order valence-corrected chi connectivity index (χ2v) is 6.81. The number of carbonyl (C=O) groups is 2. The zero-order valence-corrected chi connectivity index (χ0v) is 16.9. The number of carbonyl (C=O) groups excluding carboxylic acids is 2. The molecule has 7 heteroatoms. The summed E-state index contributed by atoms with van der Waals surface area (Å²) < 4.78 is 9.88. The summed E-state index contributed by atoms with van der Waals surface area (Å²) in [5.74, 6) is 0.633. The summed E-state index contributed by atoms with van der Waals surface area (Å²) in [5, 5.41) is 3.22. The maximum atomic E-state index is 12.5. The first kappa shape index (κ1) is 20.5. The van der Waals surface area contributed by atoms with Gasteiger partial charge in [0, 0.05) is 50.5 Å². The number of amides is 1. The van der Waals surface area contributed by atoms with Gasteiger partial charge in [-0.3, -0.25) is 4.79 Å². The average molecular weight is 397 g/mol. The Morgan fingerprint density at radius 3 is 2.17 bits per heavy atom. The summed E-state index contributed by atoms with van der Waals surface area (Å²) >= 11 is 0. The number of nitrogens with one attached hydrogen (secondary N) is 1. The number of nitrogens with zero attached hydrogens (tertiary/aromatic N) is 2. The van der Waals surface area contributed by atoms with Gasteiger partial charge in [0.25, 0.3) is 0 Å². The molecule has 1 heterocycles. The predicted molar refractivity (Wildman–Crippen MR) is 113 cm³/mol. The molecule has 0 saturated carbocycles. The molecule has 1 fully saturated rings. The third-order valence-electron chi connectivity index (χ3n) is 5.04. The highest BCUT2D eigenvalue weighted by Crippen LogP contribution is 2.20. The zero-order valence-electron chi connectivity index (χ0n) is 16.9. The van der Waals surface area contributed by atoms with Crippen LogP contribution in [0.15, 0.2) is 48.5 Å². The van der Waals surface area contributed by atoms with Crippen LogP contribution in [0.1, 0.15) is 16.8 Å². The topological polar surface area (TPSA) is 71.1 Å². The number of rotatable bonds is 7. The lowest BCUT2D eigenvalue weighted by Gasteiger charge is -2.36. The Balaban J connectivity index is 1.41. The number of hydrogen-bond acceptors (Lipinski definition) is 6. The quantitative estimate of drug-likeness (QED) is 0.725. The van der Waals surface area contributed by atoms with Gasteiger partial charge in [-0.25, -0.2) is 4.79 Å². The van der Waals surface area contributed by atoms with Gasteiger partial charge in [0.1, 0.15) is 5.75 Å². The molecule has 1 aliphatic rings. The van der Waals surface area contributed by atoms with E-state index in [1.807, 2.05) is 41.3 Å². The molecule has 3 rings (SSSR count). The van der Waals surface area contributed by atoms with Crippen LogP contribution in [0.2, 0.25) is 0 Å². The van der Waals surface area contributed by atoms with E-state index in [9.17, 15) is 9.59 Å². The van der Waals surface area contributed by atoms with E-state index in [0.717, 1.165) is 43.3 Å². The molecule has 7 nitrogen and oxygen atoms in total. The average Bonchev–Trinajstić information content (AvgIpc) is 2.79. The van der Waals surface area contributed by atoms with E-state index >= 15 is 0 Å². The first-order chi connectivity index (χ1) is 14.1. The molecular weight excluding hydrogens is 370 g/mol. The lowest BCUT2D eigenvalue weighted by atomic mass is 10.2. The fourth-order valence-corrected chi connectivity index (χ4v) is 3.32. The minimum Gasteiger partial charge on any atom is -0.497 e. The Kier molecular flexibility index (Phi) is 6.94. The molecule has 1 aliphatic heterocycles. The summed E-state index contributed by atoms with van der Waals surface area (Å²) in [4.78, 5) is 28.1. The van der Waals surface area contributed by atoms with Crippen molar-refractivity contribution < 1.29 is 19.1 Å². The number of methoxy groups -OCH3 is 2. The first-order valence-electron chi connectivity index (χ1n) is 9.69. The van der Waals surface area contributed by atoms with E-state index in [0.29, 0.717) is 18.5 Å². The molecule has 0 radical (unpaired) electrons. The van der Waals surface area contributed by atoms with Crippen molar-refractivity contribution in [3.05, 3.63) is 54.1 Å². The van der Waals surface area contributed by atoms with Gasteiger partial charge in [0.2, 0.25) is 5.91 Å². The van der Waals surface area contributed by atoms with Gasteiger partial charge < -0.3 is 24.6 Å². The summed E-state index contributed by atoms with van der Waals surface area (Å²) in [6.07, 6.45) is 0.432. The van der Waals surface area contributed by atoms with Gasteiger partial charge in [-0.15, -0.1) is 0 Å². The molecule has 0 atom stereocenters. The Morgan fingerprint density at radius 1 is 0.931 bits per heavy atom. The number of ether oxygens (including phenoxy) is 2. The SMILES string of the molecule is COC(=O)c1ccc(NCCC(=O)N2CCN(c3ccc(OC)cc3)CC2)cc1. The van der Waals surface area contributed by atoms with Crippen LogP contribution in [0.5, 0.6) is 5.75 Å². The van der Waals surface area contributed by atoms with Crippen LogP contribution in [-0.2, 0) is 9.53 Å². The highest BCUT2D eigenvalue weighted by Gasteiger charge is 2.21. The normalized spacial score (nSPS) is 13.7.